The zero-order valence-electron chi connectivity index (χ0n) is 22.5. The molecule has 0 rings (SSSR count). The van der Waals surface area contributed by atoms with Crippen molar-refractivity contribution in [2.75, 3.05) is 7.11 Å². The molecule has 0 amide bonds. The number of rotatable bonds is 16. The van der Waals surface area contributed by atoms with E-state index in [-0.39, 0.29) is 23.5 Å². The highest BCUT2D eigenvalue weighted by Gasteiger charge is 2.38. The normalized spacial score (nSPS) is 15.6. The number of carbonyl (C=O) groups excluding carboxylic acids is 1. The van der Waals surface area contributed by atoms with Crippen LogP contribution in [0.15, 0.2) is 72.9 Å². The molecule has 0 aliphatic rings. The molecule has 34 heavy (non-hydrogen) atoms. The fourth-order valence-corrected chi connectivity index (χ4v) is 3.91. The third-order valence-electron chi connectivity index (χ3n) is 5.76. The predicted octanol–water partition coefficient (Wildman–Crippen LogP) is 7.61. The highest BCUT2D eigenvalue weighted by atomic mass is 28.4. The fourth-order valence-electron chi connectivity index (χ4n) is 2.63. The van der Waals surface area contributed by atoms with Crippen molar-refractivity contribution in [3.63, 3.8) is 0 Å². The first-order chi connectivity index (χ1) is 16.0. The largest absolute Gasteiger partial charge is 0.469 e. The Hall–Kier alpha value is -1.95. The summed E-state index contributed by atoms with van der Waals surface area (Å²) < 4.78 is 11.1. The smallest absolute Gasteiger partial charge is 0.305 e. The van der Waals surface area contributed by atoms with Gasteiger partial charge < -0.3 is 14.3 Å². The van der Waals surface area contributed by atoms with E-state index < -0.39 is 14.4 Å². The van der Waals surface area contributed by atoms with Crippen molar-refractivity contribution in [3.05, 3.63) is 72.9 Å². The van der Waals surface area contributed by atoms with Crippen LogP contribution in [0.1, 0.15) is 66.2 Å². The van der Waals surface area contributed by atoms with E-state index >= 15 is 0 Å². The van der Waals surface area contributed by atoms with Gasteiger partial charge in [-0.25, -0.2) is 0 Å². The van der Waals surface area contributed by atoms with Gasteiger partial charge in [0.05, 0.1) is 19.3 Å². The molecule has 2 unspecified atom stereocenters. The summed E-state index contributed by atoms with van der Waals surface area (Å²) in [6, 6.07) is 0. The minimum atomic E-state index is -1.81. The maximum absolute atomic E-state index is 11.0. The number of hydrogen-bond acceptors (Lipinski definition) is 4. The summed E-state index contributed by atoms with van der Waals surface area (Å²) in [5.41, 5.74) is 0. The van der Waals surface area contributed by atoms with Crippen molar-refractivity contribution < 1.29 is 19.1 Å². The Morgan fingerprint density at radius 2 is 1.50 bits per heavy atom. The molecule has 0 aromatic heterocycles. The van der Waals surface area contributed by atoms with Crippen LogP contribution in [0.5, 0.6) is 0 Å². The summed E-state index contributed by atoms with van der Waals surface area (Å²) in [4.78, 5) is 11.0. The number of aliphatic hydroxyl groups is 1. The second kappa shape index (κ2) is 18.4. The van der Waals surface area contributed by atoms with Gasteiger partial charge in [-0.2, -0.15) is 0 Å². The van der Waals surface area contributed by atoms with Gasteiger partial charge in [-0.3, -0.25) is 4.79 Å². The Morgan fingerprint density at radius 3 is 2.03 bits per heavy atom. The Labute approximate surface area is 210 Å². The van der Waals surface area contributed by atoms with Gasteiger partial charge in [-0.15, -0.1) is 0 Å². The molecule has 4 nitrogen and oxygen atoms in total. The number of carbonyl (C=O) groups is 1. The lowest BCUT2D eigenvalue weighted by atomic mass is 10.2. The third-order valence-corrected chi connectivity index (χ3v) is 10.3. The molecule has 0 fully saturated rings. The van der Waals surface area contributed by atoms with Crippen molar-refractivity contribution >= 4 is 14.3 Å². The zero-order chi connectivity index (χ0) is 25.9. The Morgan fingerprint density at radius 1 is 0.912 bits per heavy atom. The summed E-state index contributed by atoms with van der Waals surface area (Å²) in [6.07, 6.45) is 28.3. The van der Waals surface area contributed by atoms with Gasteiger partial charge in [0.1, 0.15) is 0 Å². The zero-order valence-corrected chi connectivity index (χ0v) is 23.5. The molecule has 2 atom stereocenters. The van der Waals surface area contributed by atoms with E-state index in [0.717, 1.165) is 25.7 Å². The molecule has 0 spiro atoms. The molecular weight excluding hydrogens is 440 g/mol. The molecule has 1 N–H and O–H groups in total. The van der Waals surface area contributed by atoms with E-state index in [0.29, 0.717) is 6.42 Å². The van der Waals surface area contributed by atoms with E-state index in [4.69, 9.17) is 4.43 Å². The lowest BCUT2D eigenvalue weighted by Gasteiger charge is -2.38. The first kappa shape index (κ1) is 32.0. The first-order valence-corrected chi connectivity index (χ1v) is 15.3. The minimum Gasteiger partial charge on any atom is -0.469 e. The number of allylic oxidation sites excluding steroid dienone is 9. The van der Waals surface area contributed by atoms with Gasteiger partial charge in [0.15, 0.2) is 8.32 Å². The second-order valence-corrected chi connectivity index (χ2v) is 14.5. The summed E-state index contributed by atoms with van der Waals surface area (Å²) >= 11 is 0. The number of esters is 1. The second-order valence-electron chi connectivity index (χ2n) is 9.78. The van der Waals surface area contributed by atoms with Crippen molar-refractivity contribution in [2.24, 2.45) is 0 Å². The van der Waals surface area contributed by atoms with Crippen molar-refractivity contribution in [2.45, 2.75) is 96.6 Å². The van der Waals surface area contributed by atoms with E-state index in [1.165, 1.54) is 7.11 Å². The molecule has 0 bridgehead atoms. The lowest BCUT2D eigenvalue weighted by molar-refractivity contribution is -0.141. The summed E-state index contributed by atoms with van der Waals surface area (Å²) in [6.45, 7) is 13.6. The lowest BCUT2D eigenvalue weighted by Crippen LogP contribution is -2.43. The van der Waals surface area contributed by atoms with Crippen LogP contribution >= 0.6 is 0 Å². The molecule has 0 aliphatic heterocycles. The number of hydrogen-bond donors (Lipinski definition) is 1. The summed E-state index contributed by atoms with van der Waals surface area (Å²) in [5.74, 6) is -0.305. The van der Waals surface area contributed by atoms with Crippen LogP contribution in [0.25, 0.3) is 0 Å². The Kier molecular flexibility index (Phi) is 17.3. The summed E-state index contributed by atoms with van der Waals surface area (Å²) in [7, 11) is -0.460. The van der Waals surface area contributed by atoms with E-state index in [1.807, 2.05) is 12.2 Å². The van der Waals surface area contributed by atoms with Gasteiger partial charge in [0.2, 0.25) is 0 Å². The van der Waals surface area contributed by atoms with Crippen LogP contribution < -0.4 is 0 Å². The number of ether oxygens (including phenoxy) is 1. The topological polar surface area (TPSA) is 55.8 Å². The SMILES string of the molecule is CC/C=C/CC(/C=C/C=C/C/C=C/C/C=C/C=C/C(O)CCC(=O)OC)O[Si](C)(C)C(C)(C)C. The average molecular weight is 489 g/mol. The molecule has 192 valence electrons. The third kappa shape index (κ3) is 16.6. The molecular formula is C29H48O4Si. The van der Waals surface area contributed by atoms with Crippen LogP contribution in [0.4, 0.5) is 0 Å². The molecule has 5 heteroatoms. The van der Waals surface area contributed by atoms with Gasteiger partial charge in [-0.1, -0.05) is 101 Å². The van der Waals surface area contributed by atoms with Crippen LogP contribution in [0.2, 0.25) is 18.1 Å². The van der Waals surface area contributed by atoms with Gasteiger partial charge in [0, 0.05) is 6.42 Å². The maximum atomic E-state index is 11.0. The Bertz CT molecular complexity index is 721. The van der Waals surface area contributed by atoms with Gasteiger partial charge in [0.25, 0.3) is 0 Å². The molecule has 0 heterocycles. The monoisotopic (exact) mass is 488 g/mol. The van der Waals surface area contributed by atoms with Crippen molar-refractivity contribution in [1.82, 2.24) is 0 Å². The number of aliphatic hydroxyl groups excluding tert-OH is 1. The van der Waals surface area contributed by atoms with Crippen LogP contribution in [-0.4, -0.2) is 38.7 Å². The fraction of sp³-hybridized carbons (Fsp3) is 0.552. The predicted molar refractivity (Wildman–Crippen MR) is 148 cm³/mol. The maximum Gasteiger partial charge on any atom is 0.305 e. The number of methoxy groups -OCH3 is 1. The molecule has 0 aromatic carbocycles. The first-order valence-electron chi connectivity index (χ1n) is 12.4. The van der Waals surface area contributed by atoms with Crippen molar-refractivity contribution in [1.29, 1.82) is 0 Å². The summed E-state index contributed by atoms with van der Waals surface area (Å²) in [5, 5.41) is 9.95. The molecule has 0 radical (unpaired) electrons. The van der Waals surface area contributed by atoms with E-state index in [1.54, 1.807) is 12.2 Å². The van der Waals surface area contributed by atoms with Crippen LogP contribution in [-0.2, 0) is 14.0 Å². The standard InChI is InChI=1S/C29H48O4Si/c1-8-9-18-22-27(33-34(6,7)29(2,3)4)23-20-17-15-13-11-10-12-14-16-19-21-26(30)24-25-28(31)32-5/h9-11,14-21,23,26-27,30H,8,12-13,22,24-25H2,1-7H3/b11-10+,16-14+,17-15+,18-9+,21-19+,23-20+. The minimum absolute atomic E-state index is 0.112. The quantitative estimate of drug-likeness (QED) is 0.105. The van der Waals surface area contributed by atoms with Crippen molar-refractivity contribution in [3.8, 4) is 0 Å². The van der Waals surface area contributed by atoms with E-state index in [9.17, 15) is 9.90 Å². The van der Waals surface area contributed by atoms with Crippen LogP contribution in [0, 0.1) is 0 Å². The molecule has 0 saturated carbocycles. The van der Waals surface area contributed by atoms with E-state index in [2.05, 4.69) is 94.1 Å². The van der Waals surface area contributed by atoms with Gasteiger partial charge >= 0.3 is 5.97 Å². The molecule has 0 aromatic rings. The van der Waals surface area contributed by atoms with Crippen LogP contribution in [0.3, 0.4) is 0 Å². The van der Waals surface area contributed by atoms with Gasteiger partial charge in [-0.05, 0) is 50.2 Å². The molecule has 0 aliphatic carbocycles. The Balaban J connectivity index is 4.43. The highest BCUT2D eigenvalue weighted by molar-refractivity contribution is 6.74. The average Bonchev–Trinajstić information content (AvgIpc) is 2.77. The molecule has 0 saturated heterocycles. The highest BCUT2D eigenvalue weighted by Crippen LogP contribution is 2.37.